The Morgan fingerprint density at radius 1 is 0.360 bits per heavy atom. The Bertz CT molecular complexity index is 2870. The Morgan fingerprint density at radius 3 is 1.82 bits per heavy atom. The topological polar surface area (TPSA) is 51.8 Å². The van der Waals surface area contributed by atoms with Crippen LogP contribution in [0.25, 0.3) is 98.5 Å². The van der Waals surface area contributed by atoms with Gasteiger partial charge in [-0.15, -0.1) is 11.3 Å². The van der Waals surface area contributed by atoms with E-state index in [0.29, 0.717) is 17.5 Å². The molecule has 0 radical (unpaired) electrons. The second kappa shape index (κ2) is 11.6. The van der Waals surface area contributed by atoms with Crippen molar-refractivity contribution in [3.8, 4) is 56.4 Å². The van der Waals surface area contributed by atoms with E-state index < -0.39 is 0 Å². The first-order valence-electron chi connectivity index (χ1n) is 16.6. The number of rotatable bonds is 5. The molecule has 0 amide bonds. The molecular weight excluding hydrogens is 631 g/mol. The van der Waals surface area contributed by atoms with Crippen molar-refractivity contribution in [1.82, 2.24) is 15.0 Å². The van der Waals surface area contributed by atoms with Gasteiger partial charge in [-0.1, -0.05) is 133 Å². The van der Waals surface area contributed by atoms with Crippen molar-refractivity contribution in [2.45, 2.75) is 0 Å². The quantitative estimate of drug-likeness (QED) is 0.185. The fourth-order valence-corrected chi connectivity index (χ4v) is 8.05. The van der Waals surface area contributed by atoms with Gasteiger partial charge in [0.25, 0.3) is 0 Å². The minimum atomic E-state index is 0.603. The third-order valence-electron chi connectivity index (χ3n) is 9.36. The molecule has 0 aliphatic carbocycles. The van der Waals surface area contributed by atoms with Gasteiger partial charge in [0.1, 0.15) is 11.2 Å². The third kappa shape index (κ3) is 4.87. The molecule has 0 N–H and O–H groups in total. The van der Waals surface area contributed by atoms with Crippen LogP contribution in [-0.2, 0) is 0 Å². The van der Waals surface area contributed by atoms with Gasteiger partial charge in [0.2, 0.25) is 0 Å². The van der Waals surface area contributed by atoms with E-state index in [2.05, 4.69) is 127 Å². The number of hydrogen-bond acceptors (Lipinski definition) is 5. The van der Waals surface area contributed by atoms with E-state index in [1.54, 1.807) is 0 Å². The molecule has 0 saturated carbocycles. The van der Waals surface area contributed by atoms with Gasteiger partial charge in [0.15, 0.2) is 17.5 Å². The molecule has 0 spiro atoms. The molecule has 0 atom stereocenters. The van der Waals surface area contributed by atoms with Gasteiger partial charge in [-0.25, -0.2) is 15.0 Å². The molecule has 0 saturated heterocycles. The van der Waals surface area contributed by atoms with Crippen LogP contribution in [0.5, 0.6) is 0 Å². The highest BCUT2D eigenvalue weighted by molar-refractivity contribution is 7.25. The standard InChI is InChI=1S/C45H27N3OS/c1-2-10-28(11-3-1)29-20-22-30(23-21-29)43-46-44(48-45(47-43)37-16-9-18-39-42(37)36-15-4-6-17-38(36)49-39)33-13-8-12-31(26-33)32-24-25-35-34-14-5-7-19-40(34)50-41(35)27-32/h1-27H. The highest BCUT2D eigenvalue weighted by atomic mass is 32.1. The second-order valence-electron chi connectivity index (χ2n) is 12.4. The average Bonchev–Trinajstić information content (AvgIpc) is 3.76. The molecule has 0 fully saturated rings. The van der Waals surface area contributed by atoms with Crippen LogP contribution in [0.2, 0.25) is 0 Å². The Labute approximate surface area is 292 Å². The summed E-state index contributed by atoms with van der Waals surface area (Å²) in [6.45, 7) is 0. The first-order chi connectivity index (χ1) is 24.7. The average molecular weight is 658 g/mol. The smallest absolute Gasteiger partial charge is 0.164 e. The number of thiophene rings is 1. The minimum absolute atomic E-state index is 0.603. The lowest BCUT2D eigenvalue weighted by molar-refractivity contribution is 0.669. The number of para-hydroxylation sites is 1. The first kappa shape index (κ1) is 28.6. The fraction of sp³-hybridized carbons (Fsp3) is 0. The van der Waals surface area contributed by atoms with Gasteiger partial charge >= 0.3 is 0 Å². The summed E-state index contributed by atoms with van der Waals surface area (Å²) < 4.78 is 8.82. The molecule has 3 aromatic heterocycles. The molecule has 0 aliphatic heterocycles. The summed E-state index contributed by atoms with van der Waals surface area (Å²) in [5.41, 5.74) is 8.97. The van der Waals surface area contributed by atoms with Gasteiger partial charge in [-0.2, -0.15) is 0 Å². The Hall–Kier alpha value is -6.43. The van der Waals surface area contributed by atoms with E-state index in [9.17, 15) is 0 Å². The van der Waals surface area contributed by atoms with Crippen molar-refractivity contribution in [3.05, 3.63) is 164 Å². The van der Waals surface area contributed by atoms with Crippen molar-refractivity contribution >= 4 is 53.4 Å². The van der Waals surface area contributed by atoms with Gasteiger partial charge in [-0.3, -0.25) is 0 Å². The summed E-state index contributed by atoms with van der Waals surface area (Å²) in [4.78, 5) is 15.4. The highest BCUT2D eigenvalue weighted by Crippen LogP contribution is 2.39. The van der Waals surface area contributed by atoms with Crippen molar-refractivity contribution < 1.29 is 4.42 Å². The second-order valence-corrected chi connectivity index (χ2v) is 13.5. The van der Waals surface area contributed by atoms with Crippen LogP contribution in [0.1, 0.15) is 0 Å². The van der Waals surface area contributed by atoms with Gasteiger partial charge in [0.05, 0.1) is 0 Å². The molecule has 10 rings (SSSR count). The van der Waals surface area contributed by atoms with Crippen LogP contribution in [-0.4, -0.2) is 15.0 Å². The summed E-state index contributed by atoms with van der Waals surface area (Å²) >= 11 is 1.83. The van der Waals surface area contributed by atoms with Gasteiger partial charge < -0.3 is 4.42 Å². The van der Waals surface area contributed by atoms with Gasteiger partial charge in [0, 0.05) is 47.6 Å². The van der Waals surface area contributed by atoms with E-state index in [1.807, 2.05) is 47.7 Å². The molecule has 7 aromatic carbocycles. The van der Waals surface area contributed by atoms with Gasteiger partial charge in [-0.05, 0) is 52.6 Å². The van der Waals surface area contributed by atoms with Crippen molar-refractivity contribution in [2.75, 3.05) is 0 Å². The monoisotopic (exact) mass is 657 g/mol. The maximum atomic E-state index is 6.24. The van der Waals surface area contributed by atoms with Crippen LogP contribution in [0, 0.1) is 0 Å². The fourth-order valence-electron chi connectivity index (χ4n) is 6.90. The normalized spacial score (nSPS) is 11.6. The van der Waals surface area contributed by atoms with E-state index in [1.165, 1.54) is 25.7 Å². The van der Waals surface area contributed by atoms with Crippen molar-refractivity contribution in [3.63, 3.8) is 0 Å². The zero-order chi connectivity index (χ0) is 33.0. The zero-order valence-corrected chi connectivity index (χ0v) is 27.6. The summed E-state index contributed by atoms with van der Waals surface area (Å²) in [6, 6.07) is 56.9. The van der Waals surface area contributed by atoms with E-state index in [-0.39, 0.29) is 0 Å². The summed E-state index contributed by atoms with van der Waals surface area (Å²) in [5.74, 6) is 1.84. The zero-order valence-electron chi connectivity index (χ0n) is 26.7. The van der Waals surface area contributed by atoms with Crippen molar-refractivity contribution in [2.24, 2.45) is 0 Å². The molecule has 0 bridgehead atoms. The van der Waals surface area contributed by atoms with E-state index in [4.69, 9.17) is 19.4 Å². The van der Waals surface area contributed by atoms with Crippen LogP contribution in [0.3, 0.4) is 0 Å². The number of benzene rings is 7. The maximum absolute atomic E-state index is 6.24. The predicted molar refractivity (Wildman–Crippen MR) is 207 cm³/mol. The molecule has 4 nitrogen and oxygen atoms in total. The lowest BCUT2D eigenvalue weighted by Gasteiger charge is -2.11. The molecule has 234 valence electrons. The van der Waals surface area contributed by atoms with E-state index >= 15 is 0 Å². The summed E-state index contributed by atoms with van der Waals surface area (Å²) in [7, 11) is 0. The Morgan fingerprint density at radius 2 is 0.940 bits per heavy atom. The molecule has 5 heteroatoms. The SMILES string of the molecule is c1ccc(-c2ccc(-c3nc(-c4cccc(-c5ccc6c(c5)sc5ccccc56)c4)nc(-c4cccc5oc6ccccc6c45)n3)cc2)cc1. The molecule has 3 heterocycles. The van der Waals surface area contributed by atoms with E-state index in [0.717, 1.165) is 55.3 Å². The highest BCUT2D eigenvalue weighted by Gasteiger charge is 2.18. The first-order valence-corrected chi connectivity index (χ1v) is 17.4. The Kier molecular flexibility index (Phi) is 6.64. The minimum Gasteiger partial charge on any atom is -0.456 e. The Balaban J connectivity index is 1.13. The lowest BCUT2D eigenvalue weighted by atomic mass is 10.0. The van der Waals surface area contributed by atoms with Crippen molar-refractivity contribution in [1.29, 1.82) is 0 Å². The molecule has 0 unspecified atom stereocenters. The molecule has 0 aliphatic rings. The largest absolute Gasteiger partial charge is 0.456 e. The number of hydrogen-bond donors (Lipinski definition) is 0. The molecule has 50 heavy (non-hydrogen) atoms. The van der Waals surface area contributed by atoms with Crippen LogP contribution in [0.4, 0.5) is 0 Å². The number of fused-ring (bicyclic) bond motifs is 6. The number of nitrogens with zero attached hydrogens (tertiary/aromatic N) is 3. The summed E-state index contributed by atoms with van der Waals surface area (Å²) in [6.07, 6.45) is 0. The predicted octanol–water partition coefficient (Wildman–Crippen LogP) is 12.5. The lowest BCUT2D eigenvalue weighted by Crippen LogP contribution is -2.00. The molecule has 10 aromatic rings. The number of aromatic nitrogens is 3. The molecular formula is C45H27N3OS. The number of furan rings is 1. The van der Waals surface area contributed by atoms with Crippen LogP contribution >= 0.6 is 11.3 Å². The maximum Gasteiger partial charge on any atom is 0.164 e. The summed E-state index contributed by atoms with van der Waals surface area (Å²) in [5, 5.41) is 4.62. The third-order valence-corrected chi connectivity index (χ3v) is 10.5. The van der Waals surface area contributed by atoms with Crippen LogP contribution < -0.4 is 0 Å². The van der Waals surface area contributed by atoms with Crippen LogP contribution in [0.15, 0.2) is 168 Å².